The minimum Gasteiger partial charge on any atom is -0.381 e. The van der Waals surface area contributed by atoms with Gasteiger partial charge in [0.1, 0.15) is 11.3 Å². The van der Waals surface area contributed by atoms with Gasteiger partial charge in [0.05, 0.1) is 13.2 Å². The number of pyridine rings is 1. The van der Waals surface area contributed by atoms with E-state index in [0.29, 0.717) is 37.7 Å². The first-order valence-electron chi connectivity index (χ1n) is 6.38. The summed E-state index contributed by atoms with van der Waals surface area (Å²) in [5.74, 6) is 6.35. The fourth-order valence-electron chi connectivity index (χ4n) is 1.84. The van der Waals surface area contributed by atoms with E-state index in [1.807, 2.05) is 18.3 Å². The Hall–Kier alpha value is -1.37. The van der Waals surface area contributed by atoms with Gasteiger partial charge < -0.3 is 9.84 Å². The van der Waals surface area contributed by atoms with Crippen molar-refractivity contribution in [3.8, 4) is 11.8 Å². The minimum atomic E-state index is -0.906. The summed E-state index contributed by atoms with van der Waals surface area (Å²) in [6, 6.07) is 3.95. The van der Waals surface area contributed by atoms with Crippen LogP contribution in [0.2, 0.25) is 0 Å². The van der Waals surface area contributed by atoms with Gasteiger partial charge in [0.25, 0.3) is 0 Å². The molecule has 0 spiro atoms. The lowest BCUT2D eigenvalue weighted by molar-refractivity contribution is -0.0262. The largest absolute Gasteiger partial charge is 0.381 e. The first-order valence-corrected chi connectivity index (χ1v) is 6.38. The van der Waals surface area contributed by atoms with Gasteiger partial charge in [0, 0.05) is 19.0 Å². The number of nitrogens with zero attached hydrogens (tertiary/aromatic N) is 1. The van der Waals surface area contributed by atoms with Gasteiger partial charge in [-0.3, -0.25) is 0 Å². The Morgan fingerprint density at radius 1 is 1.33 bits per heavy atom. The van der Waals surface area contributed by atoms with Gasteiger partial charge in [-0.1, -0.05) is 25.8 Å². The highest BCUT2D eigenvalue weighted by Crippen LogP contribution is 2.19. The zero-order chi connectivity index (χ0) is 13.0. The third-order valence-corrected chi connectivity index (χ3v) is 3.20. The summed E-state index contributed by atoms with van der Waals surface area (Å²) in [6.07, 6.45) is 3.00. The Balaban J connectivity index is 2.09. The molecule has 0 aliphatic carbocycles. The molecule has 1 aromatic heterocycles. The van der Waals surface area contributed by atoms with Crippen LogP contribution in [0.1, 0.15) is 43.9 Å². The lowest BCUT2D eigenvalue weighted by atomic mass is 9.95. The van der Waals surface area contributed by atoms with Crippen LogP contribution >= 0.6 is 0 Å². The molecule has 0 atom stereocenters. The quantitative estimate of drug-likeness (QED) is 0.770. The SMILES string of the molecule is CC(C)c1ccc(C#CC2(O)CCOCC2)nc1. The number of hydrogen-bond donors (Lipinski definition) is 1. The Kier molecular flexibility index (Phi) is 4.00. The van der Waals surface area contributed by atoms with Crippen molar-refractivity contribution in [3.63, 3.8) is 0 Å². The number of ether oxygens (including phenoxy) is 1. The molecule has 96 valence electrons. The Morgan fingerprint density at radius 2 is 2.06 bits per heavy atom. The van der Waals surface area contributed by atoms with Crippen LogP contribution in [0, 0.1) is 11.8 Å². The Bertz CT molecular complexity index is 448. The number of aromatic nitrogens is 1. The molecular weight excluding hydrogens is 226 g/mol. The van der Waals surface area contributed by atoms with E-state index < -0.39 is 5.60 Å². The first kappa shape index (κ1) is 13.1. The molecule has 1 N–H and O–H groups in total. The predicted molar refractivity (Wildman–Crippen MR) is 70.2 cm³/mol. The molecule has 1 aromatic rings. The second kappa shape index (κ2) is 5.51. The molecule has 0 saturated carbocycles. The van der Waals surface area contributed by atoms with Crippen molar-refractivity contribution in [1.82, 2.24) is 4.98 Å². The fraction of sp³-hybridized carbons (Fsp3) is 0.533. The Morgan fingerprint density at radius 3 is 2.61 bits per heavy atom. The molecule has 1 saturated heterocycles. The van der Waals surface area contributed by atoms with Crippen LogP contribution in [-0.4, -0.2) is 28.9 Å². The molecule has 2 heterocycles. The van der Waals surface area contributed by atoms with E-state index in [1.54, 1.807) is 0 Å². The molecule has 0 unspecified atom stereocenters. The normalized spacial score (nSPS) is 18.2. The van der Waals surface area contributed by atoms with E-state index in [2.05, 4.69) is 30.7 Å². The maximum atomic E-state index is 10.2. The summed E-state index contributed by atoms with van der Waals surface area (Å²) < 4.78 is 5.22. The summed E-state index contributed by atoms with van der Waals surface area (Å²) in [7, 11) is 0. The molecule has 0 bridgehead atoms. The van der Waals surface area contributed by atoms with E-state index in [4.69, 9.17) is 4.74 Å². The first-order chi connectivity index (χ1) is 8.59. The van der Waals surface area contributed by atoms with Crippen LogP contribution in [0.5, 0.6) is 0 Å². The molecule has 2 rings (SSSR count). The zero-order valence-corrected chi connectivity index (χ0v) is 10.9. The van der Waals surface area contributed by atoms with E-state index in [9.17, 15) is 5.11 Å². The predicted octanol–water partition coefficient (Wildman–Crippen LogP) is 2.10. The monoisotopic (exact) mass is 245 g/mol. The lowest BCUT2D eigenvalue weighted by Crippen LogP contribution is -2.34. The molecule has 3 nitrogen and oxygen atoms in total. The third kappa shape index (κ3) is 3.32. The molecule has 1 aliphatic rings. The number of hydrogen-bond acceptors (Lipinski definition) is 3. The van der Waals surface area contributed by atoms with Crippen molar-refractivity contribution in [2.75, 3.05) is 13.2 Å². The van der Waals surface area contributed by atoms with Gasteiger partial charge in [0.15, 0.2) is 0 Å². The number of rotatable bonds is 1. The average Bonchev–Trinajstić information content (AvgIpc) is 2.38. The second-order valence-corrected chi connectivity index (χ2v) is 5.03. The van der Waals surface area contributed by atoms with Crippen LogP contribution in [-0.2, 0) is 4.74 Å². The van der Waals surface area contributed by atoms with E-state index in [-0.39, 0.29) is 0 Å². The highest BCUT2D eigenvalue weighted by Gasteiger charge is 2.27. The highest BCUT2D eigenvalue weighted by atomic mass is 16.5. The second-order valence-electron chi connectivity index (χ2n) is 5.03. The van der Waals surface area contributed by atoms with Gasteiger partial charge in [-0.25, -0.2) is 4.98 Å². The van der Waals surface area contributed by atoms with Crippen LogP contribution < -0.4 is 0 Å². The van der Waals surface area contributed by atoms with E-state index in [1.165, 1.54) is 5.56 Å². The summed E-state index contributed by atoms with van der Waals surface area (Å²) >= 11 is 0. The van der Waals surface area contributed by atoms with Crippen molar-refractivity contribution >= 4 is 0 Å². The molecule has 0 aromatic carbocycles. The van der Waals surface area contributed by atoms with Gasteiger partial charge in [0.2, 0.25) is 0 Å². The van der Waals surface area contributed by atoms with E-state index in [0.717, 1.165) is 0 Å². The van der Waals surface area contributed by atoms with Gasteiger partial charge in [-0.2, -0.15) is 0 Å². The van der Waals surface area contributed by atoms with Crippen molar-refractivity contribution in [2.45, 2.75) is 38.2 Å². The number of aliphatic hydroxyl groups is 1. The third-order valence-electron chi connectivity index (χ3n) is 3.20. The lowest BCUT2D eigenvalue weighted by Gasteiger charge is -2.26. The van der Waals surface area contributed by atoms with Crippen LogP contribution in [0.4, 0.5) is 0 Å². The molecular formula is C15H19NO2. The van der Waals surface area contributed by atoms with Gasteiger partial charge >= 0.3 is 0 Å². The van der Waals surface area contributed by atoms with Crippen LogP contribution in [0.25, 0.3) is 0 Å². The summed E-state index contributed by atoms with van der Waals surface area (Å²) in [6.45, 7) is 5.41. The van der Waals surface area contributed by atoms with Crippen molar-refractivity contribution in [1.29, 1.82) is 0 Å². The molecule has 0 radical (unpaired) electrons. The topological polar surface area (TPSA) is 42.4 Å². The maximum Gasteiger partial charge on any atom is 0.130 e. The van der Waals surface area contributed by atoms with Crippen molar-refractivity contribution < 1.29 is 9.84 Å². The maximum absolute atomic E-state index is 10.2. The van der Waals surface area contributed by atoms with Crippen molar-refractivity contribution in [3.05, 3.63) is 29.6 Å². The van der Waals surface area contributed by atoms with Gasteiger partial charge in [-0.15, -0.1) is 0 Å². The van der Waals surface area contributed by atoms with Crippen LogP contribution in [0.3, 0.4) is 0 Å². The van der Waals surface area contributed by atoms with Gasteiger partial charge in [-0.05, 0) is 23.5 Å². The standard InChI is InChI=1S/C15H19NO2/c1-12(2)13-3-4-14(16-11-13)5-6-15(17)7-9-18-10-8-15/h3-4,11-12,17H,7-10H2,1-2H3. The van der Waals surface area contributed by atoms with Crippen molar-refractivity contribution in [2.24, 2.45) is 0 Å². The van der Waals surface area contributed by atoms with Crippen LogP contribution in [0.15, 0.2) is 18.3 Å². The smallest absolute Gasteiger partial charge is 0.130 e. The fourth-order valence-corrected chi connectivity index (χ4v) is 1.84. The molecule has 18 heavy (non-hydrogen) atoms. The molecule has 1 aliphatic heterocycles. The van der Waals surface area contributed by atoms with E-state index >= 15 is 0 Å². The highest BCUT2D eigenvalue weighted by molar-refractivity contribution is 5.32. The summed E-state index contributed by atoms with van der Waals surface area (Å²) in [4.78, 5) is 4.30. The summed E-state index contributed by atoms with van der Waals surface area (Å²) in [5, 5.41) is 10.2. The average molecular weight is 245 g/mol. The zero-order valence-electron chi connectivity index (χ0n) is 10.9. The minimum absolute atomic E-state index is 0.471. The molecule has 3 heteroatoms. The molecule has 1 fully saturated rings. The Labute approximate surface area is 108 Å². The summed E-state index contributed by atoms with van der Waals surface area (Å²) in [5.41, 5.74) is 1.00. The molecule has 0 amide bonds.